The second kappa shape index (κ2) is 6.00. The molecule has 1 aliphatic heterocycles. The summed E-state index contributed by atoms with van der Waals surface area (Å²) in [5.41, 5.74) is 7.61. The van der Waals surface area contributed by atoms with E-state index in [4.69, 9.17) is 10.9 Å². The minimum absolute atomic E-state index is 0.0284. The van der Waals surface area contributed by atoms with Gasteiger partial charge in [0.05, 0.1) is 12.1 Å². The van der Waals surface area contributed by atoms with Gasteiger partial charge in [0, 0.05) is 25.1 Å². The number of aromatic nitrogens is 3. The van der Waals surface area contributed by atoms with Gasteiger partial charge in [-0.05, 0) is 31.0 Å². The molecule has 22 heavy (non-hydrogen) atoms. The molecular formula is C14H18N6O2. The molecule has 0 bridgehead atoms. The molecule has 2 heterocycles. The molecule has 0 aliphatic carbocycles. The molecule has 3 N–H and O–H groups in total. The third kappa shape index (κ3) is 2.72. The lowest BCUT2D eigenvalue weighted by Crippen LogP contribution is -2.28. The Kier molecular flexibility index (Phi) is 3.90. The van der Waals surface area contributed by atoms with E-state index in [1.165, 1.54) is 0 Å². The van der Waals surface area contributed by atoms with Crippen LogP contribution in [0, 0.1) is 0 Å². The minimum atomic E-state index is 0.0284. The first-order valence-electron chi connectivity index (χ1n) is 7.28. The van der Waals surface area contributed by atoms with Gasteiger partial charge < -0.3 is 15.8 Å². The van der Waals surface area contributed by atoms with E-state index in [2.05, 4.69) is 15.5 Å². The van der Waals surface area contributed by atoms with Crippen LogP contribution in [0.4, 0.5) is 0 Å². The van der Waals surface area contributed by atoms with Gasteiger partial charge in [0.1, 0.15) is 5.52 Å². The lowest BCUT2D eigenvalue weighted by atomic mass is 10.2. The van der Waals surface area contributed by atoms with Gasteiger partial charge in [0.15, 0.2) is 5.84 Å². The topological polar surface area (TPSA) is 110 Å². The maximum Gasteiger partial charge on any atom is 0.224 e. The van der Waals surface area contributed by atoms with E-state index in [9.17, 15) is 4.79 Å². The summed E-state index contributed by atoms with van der Waals surface area (Å²) >= 11 is 0. The summed E-state index contributed by atoms with van der Waals surface area (Å²) in [6.07, 6.45) is 2.60. The number of carbonyl (C=O) groups is 1. The quantitative estimate of drug-likeness (QED) is 0.371. The average Bonchev–Trinajstić information content (AvgIpc) is 3.21. The molecular weight excluding hydrogens is 284 g/mol. The number of likely N-dealkylation sites (tertiary alicyclic amines) is 1. The van der Waals surface area contributed by atoms with Crippen LogP contribution in [0.1, 0.15) is 24.8 Å². The second-order valence-electron chi connectivity index (χ2n) is 5.34. The summed E-state index contributed by atoms with van der Waals surface area (Å²) in [6, 6.07) is 5.25. The molecule has 0 radical (unpaired) electrons. The maximum atomic E-state index is 12.1. The molecule has 2 aromatic rings. The van der Waals surface area contributed by atoms with Crippen molar-refractivity contribution in [1.29, 1.82) is 0 Å². The fraction of sp³-hybridized carbons (Fsp3) is 0.429. The highest BCUT2D eigenvalue weighted by molar-refractivity contribution is 5.99. The van der Waals surface area contributed by atoms with Crippen LogP contribution in [0.5, 0.6) is 0 Å². The number of carbonyl (C=O) groups excluding carboxylic acids is 1. The second-order valence-corrected chi connectivity index (χ2v) is 5.34. The van der Waals surface area contributed by atoms with Crippen LogP contribution in [0.2, 0.25) is 0 Å². The number of hydrogen-bond acceptors (Lipinski definition) is 5. The Balaban J connectivity index is 1.73. The molecule has 0 unspecified atom stereocenters. The number of nitrogens with two attached hydrogens (primary N) is 1. The smallest absolute Gasteiger partial charge is 0.224 e. The number of fused-ring (bicyclic) bond motifs is 1. The van der Waals surface area contributed by atoms with Crippen LogP contribution in [0.15, 0.2) is 23.4 Å². The number of oxime groups is 1. The van der Waals surface area contributed by atoms with Crippen molar-refractivity contribution < 1.29 is 10.0 Å². The third-order valence-electron chi connectivity index (χ3n) is 3.91. The number of amidine groups is 1. The van der Waals surface area contributed by atoms with Gasteiger partial charge >= 0.3 is 0 Å². The summed E-state index contributed by atoms with van der Waals surface area (Å²) in [6.45, 7) is 2.22. The predicted molar refractivity (Wildman–Crippen MR) is 80.5 cm³/mol. The number of rotatable bonds is 4. The third-order valence-corrected chi connectivity index (χ3v) is 3.91. The minimum Gasteiger partial charge on any atom is -0.409 e. The van der Waals surface area contributed by atoms with Crippen molar-refractivity contribution in [2.45, 2.75) is 25.8 Å². The summed E-state index contributed by atoms with van der Waals surface area (Å²) in [5, 5.41) is 19.8. The summed E-state index contributed by atoms with van der Waals surface area (Å²) < 4.78 is 1.71. The van der Waals surface area contributed by atoms with Crippen LogP contribution in [0.3, 0.4) is 0 Å². The van der Waals surface area contributed by atoms with E-state index in [1.54, 1.807) is 16.8 Å². The average molecular weight is 302 g/mol. The normalized spacial score (nSPS) is 15.6. The maximum absolute atomic E-state index is 12.1. The number of amides is 1. The van der Waals surface area contributed by atoms with Crippen LogP contribution in [-0.2, 0) is 11.3 Å². The lowest BCUT2D eigenvalue weighted by molar-refractivity contribution is -0.130. The first-order valence-corrected chi connectivity index (χ1v) is 7.28. The number of aryl methyl sites for hydroxylation is 1. The molecule has 1 aliphatic rings. The number of nitrogens with zero attached hydrogens (tertiary/aromatic N) is 5. The van der Waals surface area contributed by atoms with Crippen molar-refractivity contribution in [2.75, 3.05) is 13.1 Å². The van der Waals surface area contributed by atoms with Crippen LogP contribution >= 0.6 is 0 Å². The van der Waals surface area contributed by atoms with E-state index < -0.39 is 0 Å². The highest BCUT2D eigenvalue weighted by Gasteiger charge is 2.18. The zero-order chi connectivity index (χ0) is 15.5. The Morgan fingerprint density at radius 1 is 1.36 bits per heavy atom. The van der Waals surface area contributed by atoms with Crippen molar-refractivity contribution in [2.24, 2.45) is 10.9 Å². The summed E-state index contributed by atoms with van der Waals surface area (Å²) in [4.78, 5) is 14.0. The summed E-state index contributed by atoms with van der Waals surface area (Å²) in [5.74, 6) is 0.190. The Bertz CT molecular complexity index is 717. The van der Waals surface area contributed by atoms with Gasteiger partial charge in [-0.2, -0.15) is 0 Å². The first kappa shape index (κ1) is 14.3. The molecule has 3 rings (SSSR count). The van der Waals surface area contributed by atoms with Crippen molar-refractivity contribution >= 4 is 22.8 Å². The molecule has 1 aromatic carbocycles. The van der Waals surface area contributed by atoms with Gasteiger partial charge in [-0.25, -0.2) is 4.68 Å². The van der Waals surface area contributed by atoms with E-state index >= 15 is 0 Å². The van der Waals surface area contributed by atoms with E-state index in [-0.39, 0.29) is 11.7 Å². The van der Waals surface area contributed by atoms with E-state index in [0.29, 0.717) is 24.0 Å². The molecule has 0 spiro atoms. The molecule has 1 saturated heterocycles. The SMILES string of the molecule is N/C(=N\O)c1ccc2c(c1)nnn2CCC(=O)N1CCCC1. The fourth-order valence-electron chi connectivity index (χ4n) is 2.68. The van der Waals surface area contributed by atoms with Crippen molar-refractivity contribution in [1.82, 2.24) is 19.9 Å². The Morgan fingerprint density at radius 2 is 2.14 bits per heavy atom. The van der Waals surface area contributed by atoms with Gasteiger partial charge in [-0.1, -0.05) is 10.4 Å². The monoisotopic (exact) mass is 302 g/mol. The van der Waals surface area contributed by atoms with Crippen molar-refractivity contribution in [3.05, 3.63) is 23.8 Å². The largest absolute Gasteiger partial charge is 0.409 e. The lowest BCUT2D eigenvalue weighted by Gasteiger charge is -2.14. The van der Waals surface area contributed by atoms with Crippen LogP contribution in [-0.4, -0.2) is 49.9 Å². The Labute approximate surface area is 127 Å². The van der Waals surface area contributed by atoms with Gasteiger partial charge in [0.25, 0.3) is 0 Å². The molecule has 1 amide bonds. The van der Waals surface area contributed by atoms with Crippen LogP contribution < -0.4 is 5.73 Å². The fourth-order valence-corrected chi connectivity index (χ4v) is 2.68. The standard InChI is InChI=1S/C14H18N6O2/c15-14(17-22)10-3-4-12-11(9-10)16-18-20(12)8-5-13(21)19-6-1-2-7-19/h3-4,9,22H,1-2,5-8H2,(H2,15,17). The zero-order valence-electron chi connectivity index (χ0n) is 12.1. The highest BCUT2D eigenvalue weighted by atomic mass is 16.4. The molecule has 116 valence electrons. The van der Waals surface area contributed by atoms with Crippen molar-refractivity contribution in [3.63, 3.8) is 0 Å². The predicted octanol–water partition coefficient (Wildman–Crippen LogP) is 0.538. The molecule has 0 atom stereocenters. The molecule has 8 nitrogen and oxygen atoms in total. The van der Waals surface area contributed by atoms with Crippen molar-refractivity contribution in [3.8, 4) is 0 Å². The molecule has 0 saturated carbocycles. The highest BCUT2D eigenvalue weighted by Crippen LogP contribution is 2.15. The van der Waals surface area contributed by atoms with E-state index in [1.807, 2.05) is 11.0 Å². The summed E-state index contributed by atoms with van der Waals surface area (Å²) in [7, 11) is 0. The zero-order valence-corrected chi connectivity index (χ0v) is 12.1. The van der Waals surface area contributed by atoms with Gasteiger partial charge in [0.2, 0.25) is 5.91 Å². The number of hydrogen-bond donors (Lipinski definition) is 2. The molecule has 1 fully saturated rings. The number of benzene rings is 1. The van der Waals surface area contributed by atoms with E-state index in [0.717, 1.165) is 31.4 Å². The molecule has 8 heteroatoms. The Morgan fingerprint density at radius 3 is 2.86 bits per heavy atom. The van der Waals surface area contributed by atoms with Gasteiger partial charge in [-0.3, -0.25) is 4.79 Å². The first-order chi connectivity index (χ1) is 10.7. The Hall–Kier alpha value is -2.64. The van der Waals surface area contributed by atoms with Gasteiger partial charge in [-0.15, -0.1) is 5.10 Å². The van der Waals surface area contributed by atoms with Crippen LogP contribution in [0.25, 0.3) is 11.0 Å². The molecule has 1 aromatic heterocycles.